The summed E-state index contributed by atoms with van der Waals surface area (Å²) in [5, 5.41) is 16.0. The van der Waals surface area contributed by atoms with E-state index in [2.05, 4.69) is 10.6 Å². The molecule has 2 aromatic rings. The number of rotatable bonds is 4. The second-order valence-corrected chi connectivity index (χ2v) is 7.01. The highest BCUT2D eigenvalue weighted by Crippen LogP contribution is 2.22. The molecule has 0 radical (unpaired) electrons. The molecule has 3 atom stereocenters. The van der Waals surface area contributed by atoms with Gasteiger partial charge < -0.3 is 19.3 Å². The topological polar surface area (TPSA) is 106 Å². The first kappa shape index (κ1) is 21.2. The molecule has 0 unspecified atom stereocenters. The molecule has 8 nitrogen and oxygen atoms in total. The van der Waals surface area contributed by atoms with E-state index >= 15 is 0 Å². The minimum absolute atomic E-state index is 0.131. The number of benzene rings is 2. The Bertz CT molecular complexity index is 881. The van der Waals surface area contributed by atoms with Crippen molar-refractivity contribution >= 4 is 46.8 Å². The number of aliphatic hydroxyl groups excluding tert-OH is 1. The maximum atomic E-state index is 12.2. The largest absolute Gasteiger partial charge is 0.442 e. The summed E-state index contributed by atoms with van der Waals surface area (Å²) >= 11 is 11.8. The lowest BCUT2D eigenvalue weighted by Gasteiger charge is -2.34. The van der Waals surface area contributed by atoms with Gasteiger partial charge in [-0.2, -0.15) is 0 Å². The van der Waals surface area contributed by atoms with Crippen molar-refractivity contribution in [2.24, 2.45) is 0 Å². The van der Waals surface area contributed by atoms with Crippen molar-refractivity contribution in [3.63, 3.8) is 0 Å². The van der Waals surface area contributed by atoms with Crippen molar-refractivity contribution < 1.29 is 28.9 Å². The Morgan fingerprint density at radius 2 is 1.52 bits per heavy atom. The highest BCUT2D eigenvalue weighted by Gasteiger charge is 2.39. The van der Waals surface area contributed by atoms with Gasteiger partial charge in [0.1, 0.15) is 6.10 Å². The van der Waals surface area contributed by atoms with Crippen LogP contribution < -0.4 is 10.6 Å². The summed E-state index contributed by atoms with van der Waals surface area (Å²) in [5.41, 5.74) is 0.844. The van der Waals surface area contributed by atoms with Crippen molar-refractivity contribution in [2.75, 3.05) is 17.2 Å². The van der Waals surface area contributed by atoms with Crippen LogP contribution in [0.2, 0.25) is 10.0 Å². The van der Waals surface area contributed by atoms with E-state index in [1.807, 2.05) is 0 Å². The Kier molecular flexibility index (Phi) is 7.16. The van der Waals surface area contributed by atoms with Gasteiger partial charge in [0.15, 0.2) is 12.4 Å². The summed E-state index contributed by atoms with van der Waals surface area (Å²) in [4.78, 5) is 24.4. The molecular weight excluding hydrogens is 423 g/mol. The minimum atomic E-state index is -1.45. The highest BCUT2D eigenvalue weighted by molar-refractivity contribution is 6.31. The van der Waals surface area contributed by atoms with Gasteiger partial charge in [-0.05, 0) is 36.4 Å². The van der Waals surface area contributed by atoms with Crippen LogP contribution in [0.1, 0.15) is 6.42 Å². The fraction of sp³-hybridized carbons (Fsp3) is 0.263. The molecule has 2 aromatic carbocycles. The molecule has 1 aliphatic rings. The third-order valence-electron chi connectivity index (χ3n) is 3.98. The fourth-order valence-corrected chi connectivity index (χ4v) is 3.08. The van der Waals surface area contributed by atoms with E-state index in [4.69, 9.17) is 37.4 Å². The number of ether oxygens (including phenoxy) is 3. The van der Waals surface area contributed by atoms with Crippen LogP contribution in [0.25, 0.3) is 0 Å². The Labute approximate surface area is 176 Å². The van der Waals surface area contributed by atoms with Crippen molar-refractivity contribution in [1.82, 2.24) is 0 Å². The summed E-state index contributed by atoms with van der Waals surface area (Å²) in [6.45, 7) is 0.131. The average molecular weight is 441 g/mol. The van der Waals surface area contributed by atoms with Crippen LogP contribution >= 0.6 is 23.2 Å². The van der Waals surface area contributed by atoms with Crippen LogP contribution in [0.4, 0.5) is 21.0 Å². The predicted octanol–water partition coefficient (Wildman–Crippen LogP) is 4.27. The lowest BCUT2D eigenvalue weighted by molar-refractivity contribution is -0.217. The molecule has 0 saturated carbocycles. The number of amides is 2. The third kappa shape index (κ3) is 6.23. The van der Waals surface area contributed by atoms with Gasteiger partial charge in [0, 0.05) is 27.8 Å². The Hall–Kier alpha value is -2.52. The maximum Gasteiger partial charge on any atom is 0.412 e. The summed E-state index contributed by atoms with van der Waals surface area (Å²) in [5.74, 6) is 0. The van der Waals surface area contributed by atoms with E-state index in [1.165, 1.54) is 6.07 Å². The van der Waals surface area contributed by atoms with Gasteiger partial charge in [-0.15, -0.1) is 0 Å². The van der Waals surface area contributed by atoms with Crippen LogP contribution in [-0.4, -0.2) is 42.4 Å². The number of hydrogen-bond acceptors (Lipinski definition) is 6. The van der Waals surface area contributed by atoms with Crippen molar-refractivity contribution in [2.45, 2.75) is 24.9 Å². The van der Waals surface area contributed by atoms with E-state index in [9.17, 15) is 14.7 Å². The van der Waals surface area contributed by atoms with E-state index in [-0.39, 0.29) is 13.0 Å². The monoisotopic (exact) mass is 440 g/mol. The van der Waals surface area contributed by atoms with Crippen LogP contribution in [-0.2, 0) is 14.2 Å². The molecule has 1 saturated heterocycles. The Morgan fingerprint density at radius 3 is 2.07 bits per heavy atom. The summed E-state index contributed by atoms with van der Waals surface area (Å²) < 4.78 is 15.7. The number of anilines is 2. The first-order valence-electron chi connectivity index (χ1n) is 8.67. The molecule has 29 heavy (non-hydrogen) atoms. The molecule has 10 heteroatoms. The normalized spacial score (nSPS) is 21.1. The van der Waals surface area contributed by atoms with Gasteiger partial charge in [-0.25, -0.2) is 9.59 Å². The number of halogens is 2. The molecule has 0 bridgehead atoms. The van der Waals surface area contributed by atoms with E-state index < -0.39 is 30.7 Å². The average Bonchev–Trinajstić information content (AvgIpc) is 2.64. The number of hydrogen-bond donors (Lipinski definition) is 3. The molecule has 1 fully saturated rings. The van der Waals surface area contributed by atoms with Crippen molar-refractivity contribution in [1.29, 1.82) is 0 Å². The minimum Gasteiger partial charge on any atom is -0.442 e. The summed E-state index contributed by atoms with van der Waals surface area (Å²) in [6.07, 6.45) is -4.98. The van der Waals surface area contributed by atoms with Gasteiger partial charge in [-0.1, -0.05) is 35.3 Å². The number of nitrogens with one attached hydrogen (secondary N) is 2. The zero-order valence-electron chi connectivity index (χ0n) is 15.0. The molecule has 1 aliphatic heterocycles. The lowest BCUT2D eigenvalue weighted by atomic mass is 10.1. The van der Waals surface area contributed by atoms with Gasteiger partial charge in [0.25, 0.3) is 0 Å². The second-order valence-electron chi connectivity index (χ2n) is 6.13. The molecule has 0 aromatic heterocycles. The SMILES string of the molecule is O=C(Nc1cccc(Cl)c1)O[C@H]1[C@H](O)OCC[C@H]1OC(=O)Nc1cccc(Cl)c1. The zero-order valence-corrected chi connectivity index (χ0v) is 16.5. The predicted molar refractivity (Wildman–Crippen MR) is 107 cm³/mol. The van der Waals surface area contributed by atoms with Crippen LogP contribution in [0.15, 0.2) is 48.5 Å². The quantitative estimate of drug-likeness (QED) is 0.655. The fourth-order valence-electron chi connectivity index (χ4n) is 2.70. The molecule has 1 heterocycles. The number of carbonyl (C=O) groups excluding carboxylic acids is 2. The first-order valence-corrected chi connectivity index (χ1v) is 9.42. The highest BCUT2D eigenvalue weighted by atomic mass is 35.5. The zero-order chi connectivity index (χ0) is 20.8. The molecular formula is C19H18Cl2N2O6. The summed E-state index contributed by atoms with van der Waals surface area (Å²) in [6, 6.07) is 13.0. The second kappa shape index (κ2) is 9.80. The van der Waals surface area contributed by atoms with Crippen LogP contribution in [0, 0.1) is 0 Å². The standard InChI is InChI=1S/C19H18Cl2N2O6/c20-11-3-1-5-13(9-11)22-18(25)28-15-7-8-27-17(24)16(15)29-19(26)23-14-6-2-4-12(21)10-14/h1-6,9-10,15-17,24H,7-8H2,(H,22,25)(H,23,26)/t15-,16-,17-/m1/s1. The van der Waals surface area contributed by atoms with Gasteiger partial charge in [0.2, 0.25) is 0 Å². The van der Waals surface area contributed by atoms with E-state index in [0.29, 0.717) is 21.4 Å². The number of carbonyl (C=O) groups is 2. The summed E-state index contributed by atoms with van der Waals surface area (Å²) in [7, 11) is 0. The van der Waals surface area contributed by atoms with Crippen molar-refractivity contribution in [3.8, 4) is 0 Å². The third-order valence-corrected chi connectivity index (χ3v) is 4.45. The van der Waals surface area contributed by atoms with Gasteiger partial charge in [-0.3, -0.25) is 10.6 Å². The first-order chi connectivity index (χ1) is 13.9. The van der Waals surface area contributed by atoms with Gasteiger partial charge >= 0.3 is 12.2 Å². The van der Waals surface area contributed by atoms with Crippen LogP contribution in [0.5, 0.6) is 0 Å². The van der Waals surface area contributed by atoms with E-state index in [0.717, 1.165) is 0 Å². The van der Waals surface area contributed by atoms with Crippen molar-refractivity contribution in [3.05, 3.63) is 58.6 Å². The Balaban J connectivity index is 1.60. The molecule has 3 rings (SSSR count). The lowest BCUT2D eigenvalue weighted by Crippen LogP contribution is -2.50. The molecule has 0 aliphatic carbocycles. The van der Waals surface area contributed by atoms with Crippen LogP contribution in [0.3, 0.4) is 0 Å². The smallest absolute Gasteiger partial charge is 0.412 e. The molecule has 3 N–H and O–H groups in total. The molecule has 154 valence electrons. The van der Waals surface area contributed by atoms with E-state index in [1.54, 1.807) is 42.5 Å². The number of aliphatic hydroxyl groups is 1. The van der Waals surface area contributed by atoms with Gasteiger partial charge in [0.05, 0.1) is 6.61 Å². The maximum absolute atomic E-state index is 12.2. The molecule has 0 spiro atoms. The Morgan fingerprint density at radius 1 is 0.966 bits per heavy atom. The molecule has 2 amide bonds.